The van der Waals surface area contributed by atoms with Gasteiger partial charge in [0.05, 0.1) is 21.3 Å². The van der Waals surface area contributed by atoms with Crippen LogP contribution in [0.25, 0.3) is 23.1 Å². The maximum atomic E-state index is 6.30. The van der Waals surface area contributed by atoms with E-state index in [0.717, 1.165) is 40.2 Å². The van der Waals surface area contributed by atoms with E-state index in [2.05, 4.69) is 57.3 Å². The molecule has 1 aliphatic rings. The molecule has 7 heteroatoms. The van der Waals surface area contributed by atoms with Crippen molar-refractivity contribution in [3.05, 3.63) is 87.3 Å². The van der Waals surface area contributed by atoms with Gasteiger partial charge in [-0.2, -0.15) is 5.10 Å². The molecular weight excluding hydrogens is 491 g/mol. The van der Waals surface area contributed by atoms with Crippen LogP contribution in [-0.4, -0.2) is 33.2 Å². The molecular formula is C29H30Cl2N4O. The Bertz CT molecular complexity index is 1340. The molecule has 2 aromatic carbocycles. The largest absolute Gasteiger partial charge is 0.486 e. The molecule has 0 bridgehead atoms. The van der Waals surface area contributed by atoms with Crippen molar-refractivity contribution in [3.63, 3.8) is 0 Å². The predicted molar refractivity (Wildman–Crippen MR) is 148 cm³/mol. The number of ether oxygens (including phenoxy) is 1. The molecule has 5 rings (SSSR count). The SMILES string of the molecule is CC1CCN(Cc2ccc(/C=C/c3n[nH]c4ccc(OC(C)c5c(Cl)cncc5Cl)cc34)cc2)CC1. The van der Waals surface area contributed by atoms with E-state index >= 15 is 0 Å². The summed E-state index contributed by atoms with van der Waals surface area (Å²) >= 11 is 12.6. The second-order valence-electron chi connectivity index (χ2n) is 9.63. The lowest BCUT2D eigenvalue weighted by Crippen LogP contribution is -2.32. The van der Waals surface area contributed by atoms with Crippen LogP contribution >= 0.6 is 23.2 Å². The number of nitrogens with one attached hydrogen (secondary N) is 1. The molecule has 36 heavy (non-hydrogen) atoms. The lowest BCUT2D eigenvalue weighted by molar-refractivity contribution is 0.185. The van der Waals surface area contributed by atoms with Crippen LogP contribution in [0.15, 0.2) is 54.9 Å². The van der Waals surface area contributed by atoms with Gasteiger partial charge in [-0.05, 0) is 74.2 Å². The number of likely N-dealkylation sites (tertiary alicyclic amines) is 1. The van der Waals surface area contributed by atoms with Crippen LogP contribution in [0.5, 0.6) is 5.75 Å². The van der Waals surface area contributed by atoms with E-state index in [-0.39, 0.29) is 6.10 Å². The molecule has 5 nitrogen and oxygen atoms in total. The van der Waals surface area contributed by atoms with Gasteiger partial charge in [-0.15, -0.1) is 0 Å². The molecule has 1 unspecified atom stereocenters. The van der Waals surface area contributed by atoms with Gasteiger partial charge in [0.15, 0.2) is 0 Å². The molecule has 186 valence electrons. The van der Waals surface area contributed by atoms with Crippen molar-refractivity contribution < 1.29 is 4.74 Å². The average Bonchev–Trinajstić information content (AvgIpc) is 3.27. The number of nitrogens with zero attached hydrogens (tertiary/aromatic N) is 3. The van der Waals surface area contributed by atoms with Crippen molar-refractivity contribution in [2.75, 3.05) is 13.1 Å². The number of rotatable bonds is 7. The molecule has 2 aromatic heterocycles. The number of hydrogen-bond donors (Lipinski definition) is 1. The maximum absolute atomic E-state index is 6.30. The summed E-state index contributed by atoms with van der Waals surface area (Å²) in [5.74, 6) is 1.57. The van der Waals surface area contributed by atoms with Crippen LogP contribution in [-0.2, 0) is 6.54 Å². The number of aromatic nitrogens is 3. The lowest BCUT2D eigenvalue weighted by Gasteiger charge is -2.30. The van der Waals surface area contributed by atoms with E-state index in [0.29, 0.717) is 15.8 Å². The third-order valence-corrected chi connectivity index (χ3v) is 7.47. The predicted octanol–water partition coefficient (Wildman–Crippen LogP) is 7.81. The van der Waals surface area contributed by atoms with Crippen LogP contribution in [0.3, 0.4) is 0 Å². The van der Waals surface area contributed by atoms with Gasteiger partial charge in [0.1, 0.15) is 11.9 Å². The van der Waals surface area contributed by atoms with Crippen molar-refractivity contribution in [3.8, 4) is 5.75 Å². The zero-order chi connectivity index (χ0) is 25.1. The van der Waals surface area contributed by atoms with Crippen molar-refractivity contribution >= 4 is 46.3 Å². The number of fused-ring (bicyclic) bond motifs is 1. The Hall–Kier alpha value is -2.86. The van der Waals surface area contributed by atoms with Gasteiger partial charge < -0.3 is 4.74 Å². The van der Waals surface area contributed by atoms with E-state index < -0.39 is 0 Å². The van der Waals surface area contributed by atoms with Crippen LogP contribution in [0.4, 0.5) is 0 Å². The molecule has 0 radical (unpaired) electrons. The number of H-pyrrole nitrogens is 1. The van der Waals surface area contributed by atoms with Crippen LogP contribution < -0.4 is 4.74 Å². The minimum atomic E-state index is -0.330. The Morgan fingerprint density at radius 3 is 2.50 bits per heavy atom. The molecule has 0 aliphatic carbocycles. The maximum Gasteiger partial charge on any atom is 0.124 e. The summed E-state index contributed by atoms with van der Waals surface area (Å²) in [6.07, 6.45) is 9.54. The zero-order valence-electron chi connectivity index (χ0n) is 20.5. The molecule has 0 spiro atoms. The summed E-state index contributed by atoms with van der Waals surface area (Å²) in [5.41, 5.74) is 5.02. The first kappa shape index (κ1) is 24.8. The molecule has 1 N–H and O–H groups in total. The first-order valence-electron chi connectivity index (χ1n) is 12.4. The Kier molecular flexibility index (Phi) is 7.61. The smallest absolute Gasteiger partial charge is 0.124 e. The van der Waals surface area contributed by atoms with E-state index in [1.165, 1.54) is 31.5 Å². The van der Waals surface area contributed by atoms with Gasteiger partial charge in [-0.1, -0.05) is 60.5 Å². The van der Waals surface area contributed by atoms with E-state index in [9.17, 15) is 0 Å². The molecule has 4 aromatic rings. The number of aromatic amines is 1. The van der Waals surface area contributed by atoms with Gasteiger partial charge in [-0.3, -0.25) is 15.0 Å². The van der Waals surface area contributed by atoms with E-state index in [1.54, 1.807) is 12.4 Å². The van der Waals surface area contributed by atoms with Crippen LogP contribution in [0.1, 0.15) is 55.2 Å². The van der Waals surface area contributed by atoms with E-state index in [4.69, 9.17) is 27.9 Å². The summed E-state index contributed by atoms with van der Waals surface area (Å²) in [7, 11) is 0. The van der Waals surface area contributed by atoms with Gasteiger partial charge in [-0.25, -0.2) is 0 Å². The highest BCUT2D eigenvalue weighted by Gasteiger charge is 2.17. The minimum Gasteiger partial charge on any atom is -0.486 e. The topological polar surface area (TPSA) is 54.0 Å². The molecule has 1 atom stereocenters. The Labute approximate surface area is 222 Å². The average molecular weight is 521 g/mol. The number of pyridine rings is 1. The van der Waals surface area contributed by atoms with Crippen molar-refractivity contribution in [1.82, 2.24) is 20.1 Å². The summed E-state index contributed by atoms with van der Waals surface area (Å²) in [5, 5.41) is 9.55. The second kappa shape index (κ2) is 11.0. The van der Waals surface area contributed by atoms with Crippen molar-refractivity contribution in [2.24, 2.45) is 5.92 Å². The van der Waals surface area contributed by atoms with E-state index in [1.807, 2.05) is 31.2 Å². The van der Waals surface area contributed by atoms with Gasteiger partial charge in [0.25, 0.3) is 0 Å². The third-order valence-electron chi connectivity index (χ3n) is 6.87. The number of benzene rings is 2. The Morgan fingerprint density at radius 1 is 1.06 bits per heavy atom. The Balaban J connectivity index is 1.28. The summed E-state index contributed by atoms with van der Waals surface area (Å²) in [4.78, 5) is 6.57. The van der Waals surface area contributed by atoms with Crippen LogP contribution in [0, 0.1) is 5.92 Å². The molecule has 0 saturated carbocycles. The lowest BCUT2D eigenvalue weighted by atomic mass is 9.99. The highest BCUT2D eigenvalue weighted by molar-refractivity contribution is 6.35. The highest BCUT2D eigenvalue weighted by Crippen LogP contribution is 2.33. The number of hydrogen-bond acceptors (Lipinski definition) is 4. The highest BCUT2D eigenvalue weighted by atomic mass is 35.5. The summed E-state index contributed by atoms with van der Waals surface area (Å²) in [6.45, 7) is 7.69. The molecule has 0 amide bonds. The zero-order valence-corrected chi connectivity index (χ0v) is 22.1. The quantitative estimate of drug-likeness (QED) is 0.270. The molecule has 1 fully saturated rings. The van der Waals surface area contributed by atoms with Gasteiger partial charge >= 0.3 is 0 Å². The fourth-order valence-electron chi connectivity index (χ4n) is 4.67. The van der Waals surface area contributed by atoms with Gasteiger partial charge in [0.2, 0.25) is 0 Å². The summed E-state index contributed by atoms with van der Waals surface area (Å²) < 4.78 is 6.17. The fraction of sp³-hybridized carbons (Fsp3) is 0.310. The normalized spacial score (nSPS) is 16.1. The van der Waals surface area contributed by atoms with Crippen molar-refractivity contribution in [1.29, 1.82) is 0 Å². The monoisotopic (exact) mass is 520 g/mol. The molecule has 1 saturated heterocycles. The van der Waals surface area contributed by atoms with Gasteiger partial charge in [0, 0.05) is 29.9 Å². The number of piperidine rings is 1. The Morgan fingerprint density at radius 2 is 1.78 bits per heavy atom. The standard InChI is InChI=1S/C29H30Cl2N4O/c1-19-11-13-35(14-12-19)18-22-5-3-21(4-6-22)7-9-27-24-15-23(8-10-28(24)34-33-27)36-20(2)29-25(30)16-32-17-26(29)31/h3-10,15-17,19-20H,11-14,18H2,1-2H3,(H,33,34)/b9-7+. The molecule has 1 aliphatic heterocycles. The fourth-order valence-corrected chi connectivity index (χ4v) is 5.35. The minimum absolute atomic E-state index is 0.330. The van der Waals surface area contributed by atoms with Crippen molar-refractivity contribution in [2.45, 2.75) is 39.3 Å². The first-order chi connectivity index (χ1) is 17.5. The first-order valence-corrected chi connectivity index (χ1v) is 13.1. The second-order valence-corrected chi connectivity index (χ2v) is 10.4. The summed E-state index contributed by atoms with van der Waals surface area (Å²) in [6, 6.07) is 14.7. The number of halogens is 2. The third kappa shape index (κ3) is 5.75. The molecule has 3 heterocycles. The van der Waals surface area contributed by atoms with Crippen LogP contribution in [0.2, 0.25) is 10.0 Å².